The molecular weight excluding hydrogens is 280 g/mol. The summed E-state index contributed by atoms with van der Waals surface area (Å²) in [6, 6.07) is 7.91. The van der Waals surface area contributed by atoms with Crippen molar-refractivity contribution in [3.63, 3.8) is 0 Å². The lowest BCUT2D eigenvalue weighted by Gasteiger charge is -2.33. The third-order valence-electron chi connectivity index (χ3n) is 4.58. The lowest BCUT2D eigenvalue weighted by molar-refractivity contribution is 0.0924. The Hall–Kier alpha value is -1.55. The molecule has 112 valence electrons. The van der Waals surface area contributed by atoms with Gasteiger partial charge in [0.05, 0.1) is 5.69 Å². The molecule has 21 heavy (non-hydrogen) atoms. The zero-order valence-electron chi connectivity index (χ0n) is 12.4. The summed E-state index contributed by atoms with van der Waals surface area (Å²) >= 11 is 1.48. The molecule has 1 aliphatic carbocycles. The zero-order chi connectivity index (χ0) is 14.9. The van der Waals surface area contributed by atoms with Crippen molar-refractivity contribution < 1.29 is 4.79 Å². The first-order valence-electron chi connectivity index (χ1n) is 7.64. The number of carbonyl (C=O) groups is 1. The maximum atomic E-state index is 12.4. The Morgan fingerprint density at radius 1 is 1.29 bits per heavy atom. The molecule has 0 radical (unpaired) electrons. The van der Waals surface area contributed by atoms with Crippen molar-refractivity contribution in [1.29, 1.82) is 0 Å². The predicted octanol–water partition coefficient (Wildman–Crippen LogP) is 4.18. The molecule has 2 aromatic rings. The maximum absolute atomic E-state index is 12.4. The molecule has 1 aromatic heterocycles. The second kappa shape index (κ2) is 5.68. The molecule has 3 N–H and O–H groups in total. The number of anilines is 1. The van der Waals surface area contributed by atoms with Gasteiger partial charge in [0.25, 0.3) is 5.91 Å². The van der Waals surface area contributed by atoms with Crippen molar-refractivity contribution in [3.05, 3.63) is 29.1 Å². The quantitative estimate of drug-likeness (QED) is 0.893. The summed E-state index contributed by atoms with van der Waals surface area (Å²) < 4.78 is 1.07. The van der Waals surface area contributed by atoms with E-state index in [9.17, 15) is 4.79 Å². The number of hydrogen-bond donors (Lipinski definition) is 2. The second-order valence-corrected chi connectivity index (χ2v) is 7.45. The fourth-order valence-electron chi connectivity index (χ4n) is 3.19. The summed E-state index contributed by atoms with van der Waals surface area (Å²) in [6.07, 6.45) is 6.28. The van der Waals surface area contributed by atoms with E-state index in [2.05, 4.69) is 12.2 Å². The molecule has 1 fully saturated rings. The first-order chi connectivity index (χ1) is 10.1. The van der Waals surface area contributed by atoms with Crippen molar-refractivity contribution >= 4 is 33.0 Å². The highest BCUT2D eigenvalue weighted by Crippen LogP contribution is 2.36. The van der Waals surface area contributed by atoms with Gasteiger partial charge in [-0.3, -0.25) is 4.79 Å². The van der Waals surface area contributed by atoms with Gasteiger partial charge in [0.15, 0.2) is 0 Å². The number of nitrogen functional groups attached to an aromatic ring is 1. The van der Waals surface area contributed by atoms with E-state index in [0.717, 1.165) is 16.6 Å². The van der Waals surface area contributed by atoms with E-state index in [0.29, 0.717) is 10.6 Å². The van der Waals surface area contributed by atoms with Gasteiger partial charge in [-0.25, -0.2) is 0 Å². The number of thiophene rings is 1. The van der Waals surface area contributed by atoms with Gasteiger partial charge in [-0.1, -0.05) is 44.4 Å². The minimum absolute atomic E-state index is 0.0273. The molecule has 1 saturated carbocycles. The summed E-state index contributed by atoms with van der Waals surface area (Å²) in [7, 11) is 0. The molecule has 0 saturated heterocycles. The summed E-state index contributed by atoms with van der Waals surface area (Å²) in [5.74, 6) is -0.0273. The first kappa shape index (κ1) is 14.4. The van der Waals surface area contributed by atoms with Gasteiger partial charge >= 0.3 is 0 Å². The Labute approximate surface area is 129 Å². The molecule has 1 heterocycles. The number of benzene rings is 1. The molecule has 3 nitrogen and oxygen atoms in total. The van der Waals surface area contributed by atoms with Crippen LogP contribution in [0, 0.1) is 5.41 Å². The van der Waals surface area contributed by atoms with Crippen molar-refractivity contribution in [2.45, 2.75) is 39.0 Å². The zero-order valence-corrected chi connectivity index (χ0v) is 13.3. The number of carbonyl (C=O) groups excluding carboxylic acids is 1. The van der Waals surface area contributed by atoms with Crippen LogP contribution in [-0.4, -0.2) is 12.5 Å². The number of nitrogens with two attached hydrogens (primary N) is 1. The lowest BCUT2D eigenvalue weighted by Crippen LogP contribution is -2.36. The molecule has 1 amide bonds. The van der Waals surface area contributed by atoms with Gasteiger partial charge in [-0.15, -0.1) is 11.3 Å². The van der Waals surface area contributed by atoms with Crippen LogP contribution in [0.1, 0.15) is 48.7 Å². The van der Waals surface area contributed by atoms with Gasteiger partial charge in [0.1, 0.15) is 4.88 Å². The van der Waals surface area contributed by atoms with Crippen LogP contribution in [0.2, 0.25) is 0 Å². The van der Waals surface area contributed by atoms with Crippen LogP contribution in [0.3, 0.4) is 0 Å². The predicted molar refractivity (Wildman–Crippen MR) is 89.8 cm³/mol. The molecule has 3 rings (SSSR count). The fourth-order valence-corrected chi connectivity index (χ4v) is 4.23. The molecule has 1 aromatic carbocycles. The van der Waals surface area contributed by atoms with E-state index in [1.165, 1.54) is 43.4 Å². The average molecular weight is 302 g/mol. The number of amides is 1. The molecule has 0 aliphatic heterocycles. The Morgan fingerprint density at radius 3 is 2.71 bits per heavy atom. The van der Waals surface area contributed by atoms with Gasteiger partial charge in [0, 0.05) is 16.6 Å². The molecule has 0 atom stereocenters. The third-order valence-corrected chi connectivity index (χ3v) is 5.76. The summed E-state index contributed by atoms with van der Waals surface area (Å²) in [4.78, 5) is 13.1. The second-order valence-electron chi connectivity index (χ2n) is 6.40. The van der Waals surface area contributed by atoms with E-state index in [1.807, 2.05) is 24.3 Å². The fraction of sp³-hybridized carbons (Fsp3) is 0.471. The Balaban J connectivity index is 1.73. The lowest BCUT2D eigenvalue weighted by atomic mass is 9.76. The highest BCUT2D eigenvalue weighted by molar-refractivity contribution is 7.21. The van der Waals surface area contributed by atoms with Gasteiger partial charge in [0.2, 0.25) is 0 Å². The number of fused-ring (bicyclic) bond motifs is 1. The van der Waals surface area contributed by atoms with Gasteiger partial charge in [-0.05, 0) is 24.3 Å². The third kappa shape index (κ3) is 2.91. The summed E-state index contributed by atoms with van der Waals surface area (Å²) in [5.41, 5.74) is 6.99. The van der Waals surface area contributed by atoms with E-state index in [-0.39, 0.29) is 11.3 Å². The van der Waals surface area contributed by atoms with Crippen molar-refractivity contribution in [3.8, 4) is 0 Å². The molecule has 0 unspecified atom stereocenters. The van der Waals surface area contributed by atoms with Crippen molar-refractivity contribution in [2.75, 3.05) is 12.3 Å². The number of nitrogens with one attached hydrogen (secondary N) is 1. The van der Waals surface area contributed by atoms with E-state index in [4.69, 9.17) is 5.73 Å². The van der Waals surface area contributed by atoms with Crippen molar-refractivity contribution in [2.24, 2.45) is 5.41 Å². The van der Waals surface area contributed by atoms with Gasteiger partial charge < -0.3 is 11.1 Å². The Bertz CT molecular complexity index is 656. The molecule has 0 bridgehead atoms. The van der Waals surface area contributed by atoms with Crippen LogP contribution in [0.5, 0.6) is 0 Å². The molecular formula is C17H22N2OS. The highest BCUT2D eigenvalue weighted by Gasteiger charge is 2.28. The molecule has 4 heteroatoms. The molecule has 0 spiro atoms. The Kier molecular flexibility index (Phi) is 3.89. The van der Waals surface area contributed by atoms with Crippen LogP contribution in [0.4, 0.5) is 5.69 Å². The highest BCUT2D eigenvalue weighted by atomic mass is 32.1. The smallest absolute Gasteiger partial charge is 0.263 e. The first-order valence-corrected chi connectivity index (χ1v) is 8.46. The van der Waals surface area contributed by atoms with E-state index < -0.39 is 0 Å². The van der Waals surface area contributed by atoms with Crippen molar-refractivity contribution in [1.82, 2.24) is 5.32 Å². The van der Waals surface area contributed by atoms with E-state index in [1.54, 1.807) is 0 Å². The Morgan fingerprint density at radius 2 is 2.00 bits per heavy atom. The standard InChI is InChI=1S/C17H22N2OS/c1-17(9-5-2-6-10-17)11-19-16(20)15-14(18)12-7-3-4-8-13(12)21-15/h3-4,7-8H,2,5-6,9-11,18H2,1H3,(H,19,20). The average Bonchev–Trinajstić information content (AvgIpc) is 2.84. The number of rotatable bonds is 3. The summed E-state index contributed by atoms with van der Waals surface area (Å²) in [6.45, 7) is 3.03. The van der Waals surface area contributed by atoms with Gasteiger partial charge in [-0.2, -0.15) is 0 Å². The minimum Gasteiger partial charge on any atom is -0.397 e. The van der Waals surface area contributed by atoms with Crippen LogP contribution in [-0.2, 0) is 0 Å². The normalized spacial score (nSPS) is 17.8. The van der Waals surface area contributed by atoms with Crippen LogP contribution in [0.25, 0.3) is 10.1 Å². The van der Waals surface area contributed by atoms with Crippen LogP contribution < -0.4 is 11.1 Å². The SMILES string of the molecule is CC1(CNC(=O)c2sc3ccccc3c2N)CCCCC1. The topological polar surface area (TPSA) is 55.1 Å². The monoisotopic (exact) mass is 302 g/mol. The van der Waals surface area contributed by atoms with Crippen LogP contribution in [0.15, 0.2) is 24.3 Å². The minimum atomic E-state index is -0.0273. The molecule has 1 aliphatic rings. The largest absolute Gasteiger partial charge is 0.397 e. The van der Waals surface area contributed by atoms with E-state index >= 15 is 0 Å². The number of hydrogen-bond acceptors (Lipinski definition) is 3. The maximum Gasteiger partial charge on any atom is 0.263 e. The van der Waals surface area contributed by atoms with Crippen LogP contribution >= 0.6 is 11.3 Å². The summed E-state index contributed by atoms with van der Waals surface area (Å²) in [5, 5.41) is 4.09.